The number of hydrazine groups is 1. The maximum Gasteiger partial charge on any atom is 0.282 e. The van der Waals surface area contributed by atoms with E-state index in [9.17, 15) is 14.4 Å². The summed E-state index contributed by atoms with van der Waals surface area (Å²) < 4.78 is 17.4. The van der Waals surface area contributed by atoms with Crippen LogP contribution in [0.5, 0.6) is 11.5 Å². The van der Waals surface area contributed by atoms with Gasteiger partial charge in [0.05, 0.1) is 32.1 Å². The van der Waals surface area contributed by atoms with E-state index in [4.69, 9.17) is 14.2 Å². The molecule has 0 aliphatic carbocycles. The Labute approximate surface area is 223 Å². The van der Waals surface area contributed by atoms with Crippen LogP contribution < -0.4 is 19.9 Å². The summed E-state index contributed by atoms with van der Waals surface area (Å²) in [6.07, 6.45) is 4.28. The van der Waals surface area contributed by atoms with Crippen LogP contribution in [0.1, 0.15) is 43.7 Å². The topological polar surface area (TPSA) is 97.4 Å². The number of morpholine rings is 1. The largest absolute Gasteiger partial charge is 0.493 e. The maximum atomic E-state index is 13.1. The Hall–Kier alpha value is -3.85. The van der Waals surface area contributed by atoms with E-state index in [0.29, 0.717) is 81.5 Å². The number of carbonyl (C=O) groups excluding carboxylic acids is 3. The summed E-state index contributed by atoms with van der Waals surface area (Å²) in [6, 6.07) is 12.6. The van der Waals surface area contributed by atoms with Gasteiger partial charge in [0.25, 0.3) is 11.8 Å². The number of benzene rings is 2. The third-order valence-corrected chi connectivity index (χ3v) is 6.45. The molecule has 2 aliphatic heterocycles. The number of nitrogens with zero attached hydrogens (tertiary/aromatic N) is 2. The van der Waals surface area contributed by atoms with Gasteiger partial charge in [-0.25, -0.2) is 5.01 Å². The molecule has 0 spiro atoms. The highest BCUT2D eigenvalue weighted by Gasteiger charge is 2.34. The molecule has 0 aromatic heterocycles. The molecule has 3 amide bonds. The normalized spacial score (nSPS) is 16.6. The molecule has 2 saturated heterocycles. The monoisotopic (exact) mass is 521 g/mol. The van der Waals surface area contributed by atoms with Crippen LogP contribution in [0.2, 0.25) is 0 Å². The van der Waals surface area contributed by atoms with Gasteiger partial charge in [0, 0.05) is 30.6 Å². The van der Waals surface area contributed by atoms with Crippen LogP contribution in [0.3, 0.4) is 0 Å². The van der Waals surface area contributed by atoms with Crippen LogP contribution in [-0.2, 0) is 19.1 Å². The number of unbranched alkanes of at least 4 members (excludes halogenated alkanes) is 1. The van der Waals surface area contributed by atoms with E-state index in [2.05, 4.69) is 5.43 Å². The minimum Gasteiger partial charge on any atom is -0.493 e. The Balaban J connectivity index is 1.47. The Morgan fingerprint density at radius 1 is 1.03 bits per heavy atom. The zero-order chi connectivity index (χ0) is 26.9. The number of hydrogen-bond donors (Lipinski definition) is 1. The van der Waals surface area contributed by atoms with Gasteiger partial charge in [0.15, 0.2) is 0 Å². The van der Waals surface area contributed by atoms with Crippen molar-refractivity contribution in [2.45, 2.75) is 39.5 Å². The fourth-order valence-electron chi connectivity index (χ4n) is 4.36. The third-order valence-electron chi connectivity index (χ3n) is 6.45. The summed E-state index contributed by atoms with van der Waals surface area (Å²) in [6.45, 7) is 7.36. The van der Waals surface area contributed by atoms with E-state index in [1.807, 2.05) is 30.9 Å². The lowest BCUT2D eigenvalue weighted by molar-refractivity contribution is -0.135. The molecule has 9 nitrogen and oxygen atoms in total. The summed E-state index contributed by atoms with van der Waals surface area (Å²) in [7, 11) is 0. The molecule has 0 radical (unpaired) electrons. The van der Waals surface area contributed by atoms with E-state index in [-0.39, 0.29) is 11.5 Å². The molecule has 0 unspecified atom stereocenters. The lowest BCUT2D eigenvalue weighted by Crippen LogP contribution is -2.40. The number of anilines is 1. The highest BCUT2D eigenvalue weighted by atomic mass is 16.5. The average Bonchev–Trinajstić information content (AvgIpc) is 3.23. The highest BCUT2D eigenvalue weighted by molar-refractivity contribution is 6.31. The van der Waals surface area contributed by atoms with Crippen molar-refractivity contribution in [3.05, 3.63) is 59.2 Å². The second-order valence-electron chi connectivity index (χ2n) is 9.23. The predicted octanol–water partition coefficient (Wildman–Crippen LogP) is 3.65. The number of amides is 3. The first-order valence-electron chi connectivity index (χ1n) is 13.2. The third kappa shape index (κ3) is 6.52. The number of para-hydroxylation sites is 1. The first-order valence-corrected chi connectivity index (χ1v) is 13.2. The van der Waals surface area contributed by atoms with Crippen LogP contribution in [0.4, 0.5) is 5.69 Å². The van der Waals surface area contributed by atoms with Gasteiger partial charge in [-0.2, -0.15) is 0 Å². The second kappa shape index (κ2) is 13.1. The van der Waals surface area contributed by atoms with Crippen LogP contribution in [0, 0.1) is 6.92 Å². The van der Waals surface area contributed by atoms with Crippen molar-refractivity contribution in [3.8, 4) is 11.5 Å². The number of rotatable bonds is 11. The molecule has 4 rings (SSSR count). The molecule has 2 fully saturated rings. The smallest absolute Gasteiger partial charge is 0.282 e. The first-order chi connectivity index (χ1) is 18.5. The van der Waals surface area contributed by atoms with Gasteiger partial charge in [-0.3, -0.25) is 19.8 Å². The van der Waals surface area contributed by atoms with Crippen molar-refractivity contribution < 1.29 is 28.6 Å². The second-order valence-corrected chi connectivity index (χ2v) is 9.23. The summed E-state index contributed by atoms with van der Waals surface area (Å²) in [5.74, 6) is 0.482. The molecule has 2 heterocycles. The standard InChI is InChI=1S/C29H35N3O6/c1-3-16-37-25-13-12-22(20-24-28(34)30-32(29(24)35)23-9-5-4-6-10-23)27(21(25)2)38-17-8-7-11-26(33)31-14-18-36-19-15-31/h4-6,9-10,12-13,20H,3,7-8,11,14-19H2,1-2H3,(H,30,34). The van der Waals surface area contributed by atoms with Crippen molar-refractivity contribution in [2.75, 3.05) is 44.5 Å². The SMILES string of the molecule is CCCOc1ccc(C=C2C(=O)NN(c3ccccc3)C2=O)c(OCCCCC(=O)N2CCOCC2)c1C. The van der Waals surface area contributed by atoms with E-state index in [0.717, 1.165) is 12.0 Å². The molecule has 202 valence electrons. The quantitative estimate of drug-likeness (QED) is 0.275. The van der Waals surface area contributed by atoms with Crippen molar-refractivity contribution in [1.29, 1.82) is 0 Å². The van der Waals surface area contributed by atoms with Gasteiger partial charge in [0.2, 0.25) is 5.91 Å². The lowest BCUT2D eigenvalue weighted by Gasteiger charge is -2.26. The fourth-order valence-corrected chi connectivity index (χ4v) is 4.36. The van der Waals surface area contributed by atoms with Gasteiger partial charge in [0.1, 0.15) is 17.1 Å². The Kier molecular flexibility index (Phi) is 9.37. The molecule has 9 heteroatoms. The summed E-state index contributed by atoms with van der Waals surface area (Å²) >= 11 is 0. The molecular weight excluding hydrogens is 486 g/mol. The van der Waals surface area contributed by atoms with Gasteiger partial charge in [-0.1, -0.05) is 25.1 Å². The van der Waals surface area contributed by atoms with Gasteiger partial charge >= 0.3 is 0 Å². The van der Waals surface area contributed by atoms with Crippen molar-refractivity contribution in [1.82, 2.24) is 10.3 Å². The number of carbonyl (C=O) groups is 3. The zero-order valence-electron chi connectivity index (χ0n) is 22.0. The van der Waals surface area contributed by atoms with Crippen LogP contribution >= 0.6 is 0 Å². The summed E-state index contributed by atoms with van der Waals surface area (Å²) in [4.78, 5) is 40.0. The minimum absolute atomic E-state index is 0.0245. The van der Waals surface area contributed by atoms with Crippen molar-refractivity contribution in [3.63, 3.8) is 0 Å². The average molecular weight is 522 g/mol. The lowest BCUT2D eigenvalue weighted by atomic mass is 10.0. The fraction of sp³-hybridized carbons (Fsp3) is 0.414. The molecule has 2 aliphatic rings. The molecule has 38 heavy (non-hydrogen) atoms. The number of nitrogens with one attached hydrogen (secondary N) is 1. The Bertz CT molecular complexity index is 1170. The molecule has 0 saturated carbocycles. The van der Waals surface area contributed by atoms with E-state index >= 15 is 0 Å². The molecule has 1 N–H and O–H groups in total. The predicted molar refractivity (Wildman–Crippen MR) is 144 cm³/mol. The van der Waals surface area contributed by atoms with E-state index in [1.54, 1.807) is 36.4 Å². The van der Waals surface area contributed by atoms with Crippen LogP contribution in [0.15, 0.2) is 48.0 Å². The zero-order valence-corrected chi connectivity index (χ0v) is 22.0. The molecule has 0 bridgehead atoms. The molecule has 2 aromatic carbocycles. The Morgan fingerprint density at radius 3 is 2.53 bits per heavy atom. The highest BCUT2D eigenvalue weighted by Crippen LogP contribution is 2.34. The van der Waals surface area contributed by atoms with Crippen molar-refractivity contribution in [2.24, 2.45) is 0 Å². The molecular formula is C29H35N3O6. The number of hydrogen-bond acceptors (Lipinski definition) is 6. The van der Waals surface area contributed by atoms with Crippen LogP contribution in [0.25, 0.3) is 6.08 Å². The summed E-state index contributed by atoms with van der Waals surface area (Å²) in [5, 5.41) is 1.24. The molecule has 2 aromatic rings. The van der Waals surface area contributed by atoms with Crippen LogP contribution in [-0.4, -0.2) is 62.1 Å². The molecule has 0 atom stereocenters. The van der Waals surface area contributed by atoms with Gasteiger partial charge in [-0.05, 0) is 56.5 Å². The minimum atomic E-state index is -0.476. The Morgan fingerprint density at radius 2 is 1.79 bits per heavy atom. The van der Waals surface area contributed by atoms with E-state index < -0.39 is 11.8 Å². The first kappa shape index (κ1) is 27.2. The maximum absolute atomic E-state index is 13.1. The van der Waals surface area contributed by atoms with Gasteiger partial charge < -0.3 is 19.1 Å². The summed E-state index contributed by atoms with van der Waals surface area (Å²) in [5.41, 5.74) is 4.64. The van der Waals surface area contributed by atoms with Gasteiger partial charge in [-0.15, -0.1) is 0 Å². The van der Waals surface area contributed by atoms with E-state index in [1.165, 1.54) is 5.01 Å². The number of ether oxygens (including phenoxy) is 3. The van der Waals surface area contributed by atoms with Crippen molar-refractivity contribution >= 4 is 29.5 Å².